The average Bonchev–Trinajstić information content (AvgIpc) is 2.78. The number of benzene rings is 3. The van der Waals surface area contributed by atoms with Gasteiger partial charge in [0, 0.05) is 34.5 Å². The molecular weight excluding hydrogens is 411 g/mol. The summed E-state index contributed by atoms with van der Waals surface area (Å²) in [6.45, 7) is 2.12. The van der Waals surface area contributed by atoms with E-state index in [4.69, 9.17) is 10.5 Å². The number of rotatable bonds is 4. The molecule has 0 fully saturated rings. The second kappa shape index (κ2) is 7.30. The third kappa shape index (κ3) is 2.97. The van der Waals surface area contributed by atoms with E-state index < -0.39 is 17.7 Å². The zero-order valence-electron chi connectivity index (χ0n) is 17.2. The first kappa shape index (κ1) is 19.9. The van der Waals surface area contributed by atoms with Gasteiger partial charge in [-0.05, 0) is 64.9 Å². The first-order chi connectivity index (χ1) is 15.4. The number of primary amides is 1. The van der Waals surface area contributed by atoms with E-state index in [0.29, 0.717) is 34.2 Å². The number of nitrogens with two attached hydrogens (primary N) is 1. The number of pyridine rings is 1. The Bertz CT molecular complexity index is 1450. The maximum absolute atomic E-state index is 15.4. The van der Waals surface area contributed by atoms with Gasteiger partial charge in [-0.1, -0.05) is 6.07 Å². The highest BCUT2D eigenvalue weighted by molar-refractivity contribution is 6.10. The third-order valence-electron chi connectivity index (χ3n) is 6.06. The molecule has 7 heteroatoms. The number of aromatic nitrogens is 1. The molecule has 3 aromatic carbocycles. The normalized spacial score (nSPS) is 12.7. The van der Waals surface area contributed by atoms with Crippen LogP contribution in [0.15, 0.2) is 42.6 Å². The Hall–Kier alpha value is -4.00. The van der Waals surface area contributed by atoms with Crippen molar-refractivity contribution in [3.63, 3.8) is 0 Å². The second-order valence-corrected chi connectivity index (χ2v) is 7.89. The van der Waals surface area contributed by atoms with Crippen molar-refractivity contribution in [2.45, 2.75) is 19.8 Å². The number of carboxylic acid groups (broad SMARTS) is 1. The fourth-order valence-corrected chi connectivity index (χ4v) is 4.56. The van der Waals surface area contributed by atoms with Crippen molar-refractivity contribution >= 4 is 33.6 Å². The first-order valence-electron chi connectivity index (χ1n) is 10.2. The third-order valence-corrected chi connectivity index (χ3v) is 6.06. The quantitative estimate of drug-likeness (QED) is 0.506. The molecule has 0 aliphatic carbocycles. The summed E-state index contributed by atoms with van der Waals surface area (Å²) in [7, 11) is 0. The number of amides is 1. The minimum Gasteiger partial charge on any atom is -0.493 e. The largest absolute Gasteiger partial charge is 0.493 e. The molecule has 1 aromatic heterocycles. The number of hydrogen-bond acceptors (Lipinski definition) is 4. The van der Waals surface area contributed by atoms with E-state index in [1.165, 1.54) is 12.1 Å². The minimum atomic E-state index is -1.07. The Morgan fingerprint density at radius 3 is 2.75 bits per heavy atom. The number of aliphatic carboxylic acids is 1. The fourth-order valence-electron chi connectivity index (χ4n) is 4.56. The molecule has 6 nitrogen and oxygen atoms in total. The number of fused-ring (bicyclic) bond motifs is 1. The Balaban J connectivity index is 1.94. The van der Waals surface area contributed by atoms with Crippen molar-refractivity contribution in [1.29, 1.82) is 0 Å². The lowest BCUT2D eigenvalue weighted by Gasteiger charge is -2.22. The van der Waals surface area contributed by atoms with Crippen molar-refractivity contribution < 1.29 is 23.8 Å². The van der Waals surface area contributed by atoms with Crippen LogP contribution in [-0.4, -0.2) is 28.6 Å². The summed E-state index contributed by atoms with van der Waals surface area (Å²) < 4.78 is 21.2. The Labute approximate surface area is 182 Å². The molecule has 3 N–H and O–H groups in total. The predicted octanol–water partition coefficient (Wildman–Crippen LogP) is 4.16. The fraction of sp³-hybridized carbons (Fsp3) is 0.160. The van der Waals surface area contributed by atoms with Crippen molar-refractivity contribution in [2.75, 3.05) is 6.61 Å². The zero-order chi connectivity index (χ0) is 22.6. The predicted molar refractivity (Wildman–Crippen MR) is 118 cm³/mol. The Morgan fingerprint density at radius 1 is 1.19 bits per heavy atom. The van der Waals surface area contributed by atoms with E-state index in [1.807, 2.05) is 18.2 Å². The summed E-state index contributed by atoms with van der Waals surface area (Å²) in [5.74, 6) is -1.58. The number of nitrogens with zero attached hydrogens (tertiary/aromatic N) is 1. The lowest BCUT2D eigenvalue weighted by atomic mass is 9.86. The van der Waals surface area contributed by atoms with E-state index in [0.717, 1.165) is 23.1 Å². The molecule has 0 radical (unpaired) electrons. The summed E-state index contributed by atoms with van der Waals surface area (Å²) >= 11 is 0. The monoisotopic (exact) mass is 430 g/mol. The molecule has 0 unspecified atom stereocenters. The van der Waals surface area contributed by atoms with Gasteiger partial charge in [0.05, 0.1) is 18.5 Å². The average molecular weight is 430 g/mol. The smallest absolute Gasteiger partial charge is 0.307 e. The molecule has 32 heavy (non-hydrogen) atoms. The lowest BCUT2D eigenvalue weighted by Crippen LogP contribution is -2.12. The molecule has 0 atom stereocenters. The molecule has 4 aromatic rings. The maximum atomic E-state index is 15.4. The highest BCUT2D eigenvalue weighted by Crippen LogP contribution is 2.43. The Kier molecular flexibility index (Phi) is 4.55. The minimum absolute atomic E-state index is 0.177. The van der Waals surface area contributed by atoms with Crippen molar-refractivity contribution in [3.05, 3.63) is 70.7 Å². The SMILES string of the molecule is Cc1c(CC(=O)O)c(-c2ccc3c4c(ccnc24)CCO3)c2ccc(C(N)=O)cc2c1F. The highest BCUT2D eigenvalue weighted by Gasteiger charge is 2.24. The molecule has 1 aliphatic heterocycles. The van der Waals surface area contributed by atoms with Crippen LogP contribution in [0.25, 0.3) is 32.8 Å². The van der Waals surface area contributed by atoms with E-state index in [2.05, 4.69) is 4.98 Å². The van der Waals surface area contributed by atoms with Crippen LogP contribution in [0.5, 0.6) is 5.75 Å². The number of halogens is 1. The van der Waals surface area contributed by atoms with Crippen LogP contribution in [0.1, 0.15) is 27.0 Å². The van der Waals surface area contributed by atoms with Crippen molar-refractivity contribution in [2.24, 2.45) is 5.73 Å². The van der Waals surface area contributed by atoms with Gasteiger partial charge in [-0.15, -0.1) is 0 Å². The summed E-state index contributed by atoms with van der Waals surface area (Å²) in [6, 6.07) is 10.2. The molecule has 1 aliphatic rings. The van der Waals surface area contributed by atoms with Crippen LogP contribution in [0.4, 0.5) is 4.39 Å². The van der Waals surface area contributed by atoms with Gasteiger partial charge in [0.2, 0.25) is 5.91 Å². The molecule has 0 spiro atoms. The summed E-state index contributed by atoms with van der Waals surface area (Å²) in [5.41, 5.74) is 9.20. The van der Waals surface area contributed by atoms with Crippen molar-refractivity contribution in [3.8, 4) is 16.9 Å². The van der Waals surface area contributed by atoms with E-state index in [1.54, 1.807) is 19.2 Å². The van der Waals surface area contributed by atoms with Gasteiger partial charge in [-0.3, -0.25) is 14.6 Å². The van der Waals surface area contributed by atoms with E-state index >= 15 is 4.39 Å². The van der Waals surface area contributed by atoms with Gasteiger partial charge in [-0.2, -0.15) is 0 Å². The molecule has 160 valence electrons. The molecular formula is C25H19FN2O4. The number of carbonyl (C=O) groups excluding carboxylic acids is 1. The van der Waals surface area contributed by atoms with Crippen LogP contribution in [0, 0.1) is 12.7 Å². The maximum Gasteiger partial charge on any atom is 0.307 e. The number of carbonyl (C=O) groups is 2. The summed E-state index contributed by atoms with van der Waals surface area (Å²) in [6.07, 6.45) is 2.10. The van der Waals surface area contributed by atoms with E-state index in [-0.39, 0.29) is 22.9 Å². The second-order valence-electron chi connectivity index (χ2n) is 7.89. The number of ether oxygens (including phenoxy) is 1. The molecule has 0 bridgehead atoms. The van der Waals surface area contributed by atoms with Gasteiger partial charge in [0.1, 0.15) is 11.6 Å². The van der Waals surface area contributed by atoms with Crippen LogP contribution in [0.2, 0.25) is 0 Å². The van der Waals surface area contributed by atoms with E-state index in [9.17, 15) is 14.7 Å². The van der Waals surface area contributed by atoms with Crippen LogP contribution >= 0.6 is 0 Å². The van der Waals surface area contributed by atoms with Crippen LogP contribution in [0.3, 0.4) is 0 Å². The molecule has 5 rings (SSSR count). The van der Waals surface area contributed by atoms with Gasteiger partial charge < -0.3 is 15.6 Å². The zero-order valence-corrected chi connectivity index (χ0v) is 17.2. The lowest BCUT2D eigenvalue weighted by molar-refractivity contribution is -0.136. The van der Waals surface area contributed by atoms with Crippen LogP contribution in [-0.2, 0) is 17.6 Å². The summed E-state index contributed by atoms with van der Waals surface area (Å²) in [4.78, 5) is 28.0. The molecule has 0 saturated carbocycles. The number of hydrogen-bond donors (Lipinski definition) is 2. The topological polar surface area (TPSA) is 103 Å². The summed E-state index contributed by atoms with van der Waals surface area (Å²) in [5, 5.41) is 11.2. The van der Waals surface area contributed by atoms with Crippen molar-refractivity contribution in [1.82, 2.24) is 4.98 Å². The van der Waals surface area contributed by atoms with Gasteiger partial charge in [0.25, 0.3) is 0 Å². The molecule has 0 saturated heterocycles. The molecule has 2 heterocycles. The van der Waals surface area contributed by atoms with Gasteiger partial charge >= 0.3 is 5.97 Å². The highest BCUT2D eigenvalue weighted by atomic mass is 19.1. The molecule has 1 amide bonds. The first-order valence-corrected chi connectivity index (χ1v) is 10.2. The van der Waals surface area contributed by atoms with Gasteiger partial charge in [0.15, 0.2) is 0 Å². The van der Waals surface area contributed by atoms with Gasteiger partial charge in [-0.25, -0.2) is 4.39 Å². The van der Waals surface area contributed by atoms with Crippen LogP contribution < -0.4 is 10.5 Å². The standard InChI is InChI=1S/C25H19FN2O4/c1-12-17(11-20(29)30)22(15-3-2-14(25(27)31)10-18(15)23(12)26)16-4-5-19-21-13(7-9-32-19)6-8-28-24(16)21/h2-6,8,10H,7,9,11H2,1H3,(H2,27,31)(H,29,30). The number of carboxylic acids is 1. The Morgan fingerprint density at radius 2 is 2.00 bits per heavy atom.